The van der Waals surface area contributed by atoms with Crippen molar-refractivity contribution in [1.82, 2.24) is 4.90 Å². The predicted molar refractivity (Wildman–Crippen MR) is 101 cm³/mol. The Morgan fingerprint density at radius 2 is 1.38 bits per heavy atom. The minimum atomic E-state index is -0.494. The number of benzene rings is 3. The average molecular weight is 362 g/mol. The van der Waals surface area contributed by atoms with Crippen LogP contribution < -0.4 is 0 Å². The molecule has 26 heavy (non-hydrogen) atoms. The second-order valence-corrected chi connectivity index (χ2v) is 6.69. The highest BCUT2D eigenvalue weighted by Gasteiger charge is 2.56. The number of carbonyl (C=O) groups excluding carboxylic acids is 2. The number of amides is 1. The number of hydrogen-bond acceptors (Lipinski definition) is 2. The first-order chi connectivity index (χ1) is 12.7. The van der Waals surface area contributed by atoms with E-state index in [1.807, 2.05) is 48.5 Å². The van der Waals surface area contributed by atoms with Crippen molar-refractivity contribution < 1.29 is 9.59 Å². The first-order valence-electron chi connectivity index (χ1n) is 8.39. The van der Waals surface area contributed by atoms with Crippen molar-refractivity contribution in [3.8, 4) is 0 Å². The Balaban J connectivity index is 1.69. The molecule has 0 N–H and O–H groups in total. The van der Waals surface area contributed by atoms with Crippen LogP contribution in [0, 0.1) is 0 Å². The second-order valence-electron chi connectivity index (χ2n) is 6.25. The standard InChI is InChI=1S/C22H16ClNO2/c23-18-13-7-12-17(14-18)22(26)24-19(15-8-3-1-4-9-15)20(24)21(25)16-10-5-2-6-11-16/h1-14,19-20H/t19-,20+,24?/m1/s1. The van der Waals surface area contributed by atoms with Crippen LogP contribution in [0.5, 0.6) is 0 Å². The zero-order chi connectivity index (χ0) is 18.1. The molecule has 1 aliphatic heterocycles. The number of hydrogen-bond donors (Lipinski definition) is 0. The molecule has 1 heterocycles. The number of rotatable bonds is 4. The third kappa shape index (κ3) is 3.02. The van der Waals surface area contributed by atoms with Gasteiger partial charge in [0.1, 0.15) is 6.04 Å². The van der Waals surface area contributed by atoms with Gasteiger partial charge in [0.15, 0.2) is 5.78 Å². The number of halogens is 1. The van der Waals surface area contributed by atoms with Gasteiger partial charge in [0, 0.05) is 16.1 Å². The van der Waals surface area contributed by atoms with Crippen molar-refractivity contribution in [1.29, 1.82) is 0 Å². The number of carbonyl (C=O) groups is 2. The number of ketones is 1. The van der Waals surface area contributed by atoms with Crippen LogP contribution in [-0.4, -0.2) is 22.6 Å². The number of nitrogens with zero attached hydrogens (tertiary/aromatic N) is 1. The van der Waals surface area contributed by atoms with Crippen LogP contribution >= 0.6 is 11.6 Å². The normalized spacial score (nSPS) is 18.4. The molecule has 2 atom stereocenters. The van der Waals surface area contributed by atoms with Gasteiger partial charge >= 0.3 is 0 Å². The van der Waals surface area contributed by atoms with E-state index in [4.69, 9.17) is 11.6 Å². The third-order valence-corrected chi connectivity index (χ3v) is 4.82. The summed E-state index contributed by atoms with van der Waals surface area (Å²) in [5.74, 6) is -0.231. The van der Waals surface area contributed by atoms with Gasteiger partial charge in [-0.05, 0) is 23.8 Å². The summed E-state index contributed by atoms with van der Waals surface area (Å²) >= 11 is 6.02. The molecule has 0 bridgehead atoms. The Morgan fingerprint density at radius 3 is 2.04 bits per heavy atom. The number of Topliss-reactive ketones (excluding diaryl/α,β-unsaturated/α-hetero) is 1. The lowest BCUT2D eigenvalue weighted by atomic mass is 10.0. The Bertz CT molecular complexity index is 956. The Hall–Kier alpha value is -2.91. The molecule has 1 amide bonds. The van der Waals surface area contributed by atoms with Crippen LogP contribution in [0.4, 0.5) is 0 Å². The molecule has 3 nitrogen and oxygen atoms in total. The molecule has 0 saturated carbocycles. The molecule has 4 heteroatoms. The molecule has 0 unspecified atom stereocenters. The molecule has 0 aliphatic carbocycles. The fourth-order valence-corrected chi connectivity index (χ4v) is 3.48. The van der Waals surface area contributed by atoms with Crippen molar-refractivity contribution in [3.63, 3.8) is 0 Å². The van der Waals surface area contributed by atoms with Crippen LogP contribution in [0.15, 0.2) is 84.9 Å². The first-order valence-corrected chi connectivity index (χ1v) is 8.77. The molecule has 0 spiro atoms. The summed E-state index contributed by atoms with van der Waals surface area (Å²) in [7, 11) is 0. The van der Waals surface area contributed by atoms with Crippen LogP contribution in [0.1, 0.15) is 32.3 Å². The SMILES string of the molecule is O=C(c1ccccc1)[C@@H]1[C@@H](c2ccccc2)N1C(=O)c1cccc(Cl)c1. The van der Waals surface area contributed by atoms with Gasteiger partial charge in [0.2, 0.25) is 0 Å². The van der Waals surface area contributed by atoms with E-state index in [-0.39, 0.29) is 17.7 Å². The highest BCUT2D eigenvalue weighted by Crippen LogP contribution is 2.46. The van der Waals surface area contributed by atoms with E-state index in [9.17, 15) is 9.59 Å². The molecule has 4 rings (SSSR count). The van der Waals surface area contributed by atoms with Crippen LogP contribution in [-0.2, 0) is 0 Å². The minimum Gasteiger partial charge on any atom is -0.316 e. The zero-order valence-electron chi connectivity index (χ0n) is 13.9. The van der Waals surface area contributed by atoms with Gasteiger partial charge in [0.05, 0.1) is 6.04 Å². The molecule has 3 aromatic rings. The molecular weight excluding hydrogens is 346 g/mol. The van der Waals surface area contributed by atoms with E-state index < -0.39 is 6.04 Å². The molecule has 1 fully saturated rings. The highest BCUT2D eigenvalue weighted by molar-refractivity contribution is 6.31. The van der Waals surface area contributed by atoms with E-state index in [2.05, 4.69) is 0 Å². The summed E-state index contributed by atoms with van der Waals surface area (Å²) in [6, 6.07) is 24.8. The first kappa shape index (κ1) is 16.6. The van der Waals surface area contributed by atoms with Crippen molar-refractivity contribution in [2.24, 2.45) is 0 Å². The van der Waals surface area contributed by atoms with Crippen LogP contribution in [0.3, 0.4) is 0 Å². The summed E-state index contributed by atoms with van der Waals surface area (Å²) in [5.41, 5.74) is 2.05. The van der Waals surface area contributed by atoms with Gasteiger partial charge < -0.3 is 4.90 Å². The second kappa shape index (κ2) is 6.77. The molecule has 0 radical (unpaired) electrons. The summed E-state index contributed by atoms with van der Waals surface area (Å²) in [6.07, 6.45) is 0. The molecule has 0 aromatic heterocycles. The van der Waals surface area contributed by atoms with Gasteiger partial charge in [-0.2, -0.15) is 0 Å². The summed E-state index contributed by atoms with van der Waals surface area (Å²) in [6.45, 7) is 0. The van der Waals surface area contributed by atoms with Crippen molar-refractivity contribution in [2.45, 2.75) is 12.1 Å². The monoisotopic (exact) mass is 361 g/mol. The van der Waals surface area contributed by atoms with E-state index in [0.717, 1.165) is 5.56 Å². The van der Waals surface area contributed by atoms with E-state index in [1.165, 1.54) is 0 Å². The zero-order valence-corrected chi connectivity index (χ0v) is 14.6. The highest BCUT2D eigenvalue weighted by atomic mass is 35.5. The quantitative estimate of drug-likeness (QED) is 0.495. The van der Waals surface area contributed by atoms with Gasteiger partial charge in [0.25, 0.3) is 5.91 Å². The van der Waals surface area contributed by atoms with Crippen molar-refractivity contribution >= 4 is 23.3 Å². The van der Waals surface area contributed by atoms with E-state index >= 15 is 0 Å². The molecule has 1 aliphatic rings. The summed E-state index contributed by atoms with van der Waals surface area (Å²) < 4.78 is 0. The van der Waals surface area contributed by atoms with Crippen LogP contribution in [0.2, 0.25) is 5.02 Å². The van der Waals surface area contributed by atoms with Crippen molar-refractivity contribution in [2.75, 3.05) is 0 Å². The maximum absolute atomic E-state index is 13.0. The largest absolute Gasteiger partial charge is 0.316 e. The van der Waals surface area contributed by atoms with Gasteiger partial charge in [-0.3, -0.25) is 9.59 Å². The maximum Gasteiger partial charge on any atom is 0.255 e. The fourth-order valence-electron chi connectivity index (χ4n) is 3.29. The van der Waals surface area contributed by atoms with E-state index in [0.29, 0.717) is 16.1 Å². The average Bonchev–Trinajstić information content (AvgIpc) is 3.44. The van der Waals surface area contributed by atoms with Gasteiger partial charge in [-0.25, -0.2) is 0 Å². The molecule has 3 aromatic carbocycles. The van der Waals surface area contributed by atoms with Crippen LogP contribution in [0.25, 0.3) is 0 Å². The van der Waals surface area contributed by atoms with Gasteiger partial charge in [-0.1, -0.05) is 78.3 Å². The van der Waals surface area contributed by atoms with E-state index in [1.54, 1.807) is 41.3 Å². The summed E-state index contributed by atoms with van der Waals surface area (Å²) in [5, 5.41) is 0.500. The topological polar surface area (TPSA) is 37.1 Å². The smallest absolute Gasteiger partial charge is 0.255 e. The lowest BCUT2D eigenvalue weighted by Gasteiger charge is -2.05. The Kier molecular flexibility index (Phi) is 4.31. The fraction of sp³-hybridized carbons (Fsp3) is 0.0909. The van der Waals surface area contributed by atoms with Crippen molar-refractivity contribution in [3.05, 3.63) is 107 Å². The minimum absolute atomic E-state index is 0.0465. The lowest BCUT2D eigenvalue weighted by molar-refractivity contribution is 0.0833. The Morgan fingerprint density at radius 1 is 0.769 bits per heavy atom. The molecular formula is C22H16ClNO2. The maximum atomic E-state index is 13.0. The molecule has 1 saturated heterocycles. The van der Waals surface area contributed by atoms with Gasteiger partial charge in [-0.15, -0.1) is 0 Å². The predicted octanol–water partition coefficient (Wildman–Crippen LogP) is 4.79. The molecule has 128 valence electrons. The Labute approximate surface area is 156 Å². The third-order valence-electron chi connectivity index (χ3n) is 4.58. The summed E-state index contributed by atoms with van der Waals surface area (Å²) in [4.78, 5) is 27.6. The lowest BCUT2D eigenvalue weighted by Crippen LogP contribution is -2.19.